The first-order valence-corrected chi connectivity index (χ1v) is 13.3. The smallest absolute Gasteiger partial charge is 0.251 e. The lowest BCUT2D eigenvalue weighted by Crippen LogP contribution is -2.25. The summed E-state index contributed by atoms with van der Waals surface area (Å²) in [6, 6.07) is 11.0. The van der Waals surface area contributed by atoms with Crippen LogP contribution in [0.2, 0.25) is 0 Å². The van der Waals surface area contributed by atoms with Crippen molar-refractivity contribution in [2.24, 2.45) is 0 Å². The van der Waals surface area contributed by atoms with Crippen LogP contribution in [0.25, 0.3) is 5.69 Å². The van der Waals surface area contributed by atoms with Gasteiger partial charge in [0.15, 0.2) is 22.5 Å². The Bertz CT molecular complexity index is 1470. The average molecular weight is 554 g/mol. The number of benzene rings is 2. The van der Waals surface area contributed by atoms with Gasteiger partial charge < -0.3 is 14.8 Å². The van der Waals surface area contributed by atoms with Crippen LogP contribution in [-0.4, -0.2) is 56.7 Å². The maximum absolute atomic E-state index is 12.9. The molecule has 0 radical (unpaired) electrons. The first-order chi connectivity index (χ1) is 18.3. The molecule has 2 aromatic carbocycles. The molecule has 0 saturated heterocycles. The first-order valence-electron chi connectivity index (χ1n) is 11.5. The zero-order chi connectivity index (χ0) is 27.2. The van der Waals surface area contributed by atoms with E-state index < -0.39 is 0 Å². The zero-order valence-electron chi connectivity index (χ0n) is 21.6. The molecule has 0 aliphatic heterocycles. The van der Waals surface area contributed by atoms with Gasteiger partial charge in [0.05, 0.1) is 32.2 Å². The molecule has 4 aromatic rings. The number of hydrogen-bond acceptors (Lipinski definition) is 10. The van der Waals surface area contributed by atoms with Crippen LogP contribution >= 0.6 is 23.1 Å². The minimum absolute atomic E-state index is 0.0969. The Hall–Kier alpha value is -3.97. The number of amides is 2. The van der Waals surface area contributed by atoms with E-state index in [1.807, 2.05) is 43.5 Å². The van der Waals surface area contributed by atoms with Gasteiger partial charge in [-0.2, -0.15) is 0 Å². The number of anilines is 1. The average Bonchev–Trinajstić information content (AvgIpc) is 3.52. The van der Waals surface area contributed by atoms with Gasteiger partial charge in [0, 0.05) is 5.56 Å². The van der Waals surface area contributed by atoms with Crippen molar-refractivity contribution in [2.75, 3.05) is 25.3 Å². The third-order valence-corrected chi connectivity index (χ3v) is 7.15. The van der Waals surface area contributed by atoms with Crippen LogP contribution in [-0.2, 0) is 11.3 Å². The summed E-state index contributed by atoms with van der Waals surface area (Å²) in [7, 11) is 3.05. The predicted molar refractivity (Wildman–Crippen MR) is 146 cm³/mol. The summed E-state index contributed by atoms with van der Waals surface area (Å²) in [6.45, 7) is 5.92. The molecular weight excluding hydrogens is 526 g/mol. The number of carbonyl (C=O) groups is 2. The Morgan fingerprint density at radius 2 is 1.76 bits per heavy atom. The van der Waals surface area contributed by atoms with E-state index in [0.29, 0.717) is 33.2 Å². The number of methoxy groups -OCH3 is 2. The molecule has 2 N–H and O–H groups in total. The Labute approximate surface area is 228 Å². The third kappa shape index (κ3) is 6.29. The van der Waals surface area contributed by atoms with Gasteiger partial charge in [-0.15, -0.1) is 20.4 Å². The molecular formula is C25H27N7O4S2. The second kappa shape index (κ2) is 12.0. The quantitative estimate of drug-likeness (QED) is 0.282. The van der Waals surface area contributed by atoms with Crippen LogP contribution in [0.1, 0.15) is 32.3 Å². The van der Waals surface area contributed by atoms with E-state index in [1.165, 1.54) is 37.3 Å². The molecule has 2 amide bonds. The molecule has 0 aliphatic rings. The van der Waals surface area contributed by atoms with Crippen LogP contribution < -0.4 is 20.1 Å². The number of nitrogens with zero attached hydrogens (tertiary/aromatic N) is 5. The first kappa shape index (κ1) is 27.1. The van der Waals surface area contributed by atoms with Crippen LogP contribution in [0.15, 0.2) is 41.6 Å². The van der Waals surface area contributed by atoms with Crippen molar-refractivity contribution in [3.63, 3.8) is 0 Å². The number of rotatable bonds is 10. The van der Waals surface area contributed by atoms with Gasteiger partial charge in [0.25, 0.3) is 5.91 Å². The fourth-order valence-corrected chi connectivity index (χ4v) is 4.95. The lowest BCUT2D eigenvalue weighted by molar-refractivity contribution is -0.113. The van der Waals surface area contributed by atoms with Crippen LogP contribution in [0.4, 0.5) is 5.13 Å². The molecule has 0 fully saturated rings. The molecule has 2 aromatic heterocycles. The highest BCUT2D eigenvalue weighted by atomic mass is 32.2. The SMILES string of the molecule is COc1ccc(C(=O)NCc2nnc(SCC(=O)Nc3nnc(C)s3)n2-c2cc(C)ccc2C)cc1OC. The summed E-state index contributed by atoms with van der Waals surface area (Å²) in [4.78, 5) is 25.4. The maximum Gasteiger partial charge on any atom is 0.251 e. The number of carbonyl (C=O) groups excluding carboxylic acids is 2. The van der Waals surface area contributed by atoms with Crippen molar-refractivity contribution in [2.45, 2.75) is 32.5 Å². The molecule has 198 valence electrons. The molecule has 11 nitrogen and oxygen atoms in total. The van der Waals surface area contributed by atoms with E-state index in [1.54, 1.807) is 18.2 Å². The van der Waals surface area contributed by atoms with Gasteiger partial charge in [-0.25, -0.2) is 0 Å². The number of thioether (sulfide) groups is 1. The summed E-state index contributed by atoms with van der Waals surface area (Å²) in [5.41, 5.74) is 3.34. The summed E-state index contributed by atoms with van der Waals surface area (Å²) >= 11 is 2.55. The number of ether oxygens (including phenoxy) is 2. The van der Waals surface area contributed by atoms with Gasteiger partial charge in [0.1, 0.15) is 5.01 Å². The summed E-state index contributed by atoms with van der Waals surface area (Å²) in [6.07, 6.45) is 0. The Morgan fingerprint density at radius 3 is 2.47 bits per heavy atom. The number of nitrogens with one attached hydrogen (secondary N) is 2. The van der Waals surface area contributed by atoms with Crippen molar-refractivity contribution in [1.29, 1.82) is 0 Å². The molecule has 13 heteroatoms. The summed E-state index contributed by atoms with van der Waals surface area (Å²) in [5, 5.41) is 23.9. The molecule has 4 rings (SSSR count). The van der Waals surface area contributed by atoms with E-state index in [0.717, 1.165) is 21.8 Å². The van der Waals surface area contributed by atoms with Crippen molar-refractivity contribution in [1.82, 2.24) is 30.3 Å². The van der Waals surface area contributed by atoms with Crippen molar-refractivity contribution in [3.8, 4) is 17.2 Å². The lowest BCUT2D eigenvalue weighted by Gasteiger charge is -2.14. The van der Waals surface area contributed by atoms with Crippen LogP contribution in [0, 0.1) is 20.8 Å². The summed E-state index contributed by atoms with van der Waals surface area (Å²) in [5.74, 6) is 1.08. The highest BCUT2D eigenvalue weighted by Crippen LogP contribution is 2.28. The van der Waals surface area contributed by atoms with Gasteiger partial charge in [-0.1, -0.05) is 35.2 Å². The van der Waals surface area contributed by atoms with E-state index in [9.17, 15) is 9.59 Å². The Morgan fingerprint density at radius 1 is 0.974 bits per heavy atom. The fourth-order valence-electron chi connectivity index (χ4n) is 3.58. The van der Waals surface area contributed by atoms with E-state index in [4.69, 9.17) is 9.47 Å². The highest BCUT2D eigenvalue weighted by molar-refractivity contribution is 7.99. The van der Waals surface area contributed by atoms with Gasteiger partial charge >= 0.3 is 0 Å². The molecule has 2 heterocycles. The van der Waals surface area contributed by atoms with Crippen molar-refractivity contribution >= 4 is 40.0 Å². The second-order valence-electron chi connectivity index (χ2n) is 8.24. The van der Waals surface area contributed by atoms with Gasteiger partial charge in [-0.05, 0) is 56.2 Å². The maximum atomic E-state index is 12.9. The van der Waals surface area contributed by atoms with E-state index >= 15 is 0 Å². The predicted octanol–water partition coefficient (Wildman–Crippen LogP) is 3.72. The molecule has 0 atom stereocenters. The highest BCUT2D eigenvalue weighted by Gasteiger charge is 2.19. The second-order valence-corrected chi connectivity index (χ2v) is 10.4. The van der Waals surface area contributed by atoms with Crippen LogP contribution in [0.3, 0.4) is 0 Å². The third-order valence-electron chi connectivity index (χ3n) is 5.46. The minimum atomic E-state index is -0.303. The molecule has 0 unspecified atom stereocenters. The van der Waals surface area contributed by atoms with Gasteiger partial charge in [0.2, 0.25) is 11.0 Å². The normalized spacial score (nSPS) is 10.8. The Kier molecular flexibility index (Phi) is 8.59. The largest absolute Gasteiger partial charge is 0.493 e. The summed E-state index contributed by atoms with van der Waals surface area (Å²) < 4.78 is 12.4. The molecule has 0 bridgehead atoms. The number of aromatic nitrogens is 5. The van der Waals surface area contributed by atoms with Crippen molar-refractivity contribution in [3.05, 3.63) is 63.9 Å². The monoisotopic (exact) mass is 553 g/mol. The standard InChI is InChI=1S/C25H27N7O4S2/c1-14-6-7-15(2)18(10-14)32-21(12-26-23(34)17-8-9-19(35-4)20(11-17)36-5)29-31-25(32)37-13-22(33)27-24-30-28-16(3)38-24/h6-11H,12-13H2,1-5H3,(H,26,34)(H,27,30,33). The topological polar surface area (TPSA) is 133 Å². The number of hydrogen-bond donors (Lipinski definition) is 2. The molecule has 38 heavy (non-hydrogen) atoms. The molecule has 0 spiro atoms. The fraction of sp³-hybridized carbons (Fsp3) is 0.280. The number of aryl methyl sites for hydroxylation is 3. The molecule has 0 aliphatic carbocycles. The van der Waals surface area contributed by atoms with Crippen LogP contribution in [0.5, 0.6) is 11.5 Å². The van der Waals surface area contributed by atoms with E-state index in [2.05, 4.69) is 31.0 Å². The van der Waals surface area contributed by atoms with Crippen molar-refractivity contribution < 1.29 is 19.1 Å². The van der Waals surface area contributed by atoms with Gasteiger partial charge in [-0.3, -0.25) is 19.5 Å². The minimum Gasteiger partial charge on any atom is -0.493 e. The lowest BCUT2D eigenvalue weighted by atomic mass is 10.1. The zero-order valence-corrected chi connectivity index (χ0v) is 23.2. The van der Waals surface area contributed by atoms with E-state index in [-0.39, 0.29) is 24.1 Å². The Balaban J connectivity index is 1.55. The molecule has 0 saturated carbocycles.